The molecule has 2 fully saturated rings. The van der Waals surface area contributed by atoms with Crippen molar-refractivity contribution in [1.29, 1.82) is 0 Å². The van der Waals surface area contributed by atoms with Crippen LogP contribution in [0.25, 0.3) is 10.8 Å². The first-order valence-corrected chi connectivity index (χ1v) is 14.8. The summed E-state index contributed by atoms with van der Waals surface area (Å²) in [6.07, 6.45) is 5.18. The first kappa shape index (κ1) is 26.5. The van der Waals surface area contributed by atoms with Crippen LogP contribution in [0.2, 0.25) is 0 Å². The van der Waals surface area contributed by atoms with E-state index in [1.807, 2.05) is 16.9 Å². The number of hydrogen-bond donors (Lipinski definition) is 1. The zero-order chi connectivity index (χ0) is 28.4. The van der Waals surface area contributed by atoms with E-state index in [-0.39, 0.29) is 30.7 Å². The fourth-order valence-electron chi connectivity index (χ4n) is 5.74. The molecule has 11 nitrogen and oxygen atoms in total. The fourth-order valence-corrected chi connectivity index (χ4v) is 7.21. The summed E-state index contributed by atoms with van der Waals surface area (Å²) in [6, 6.07) is 8.22. The number of sulfonamides is 1. The molecule has 0 bridgehead atoms. The molecule has 4 heterocycles. The van der Waals surface area contributed by atoms with E-state index in [1.54, 1.807) is 55.5 Å². The molecule has 1 N–H and O–H groups in total. The standard InChI is InChI=1S/C28H31N5O6S/c1-28(2,3)40(37,38)31-13-11-17(12-14-31)32-16-18(15-29-32)39-23-9-7-21-25-19(23)5-4-6-20(25)27(36)33(21)22-8-10-24(34)30-26(22)35/h4-7,9,15-17,22H,8,10-14H2,1-3H3,(H,30,34,35). The highest BCUT2D eigenvalue weighted by Crippen LogP contribution is 2.44. The monoisotopic (exact) mass is 565 g/mol. The maximum atomic E-state index is 13.4. The van der Waals surface area contributed by atoms with Crippen LogP contribution in [0.3, 0.4) is 0 Å². The first-order valence-electron chi connectivity index (χ1n) is 13.4. The number of carbonyl (C=O) groups is 3. The first-order chi connectivity index (χ1) is 19.0. The van der Waals surface area contributed by atoms with Gasteiger partial charge in [-0.1, -0.05) is 12.1 Å². The Morgan fingerprint density at radius 1 is 1.02 bits per heavy atom. The van der Waals surface area contributed by atoms with Gasteiger partial charge in [-0.25, -0.2) is 12.7 Å². The number of nitrogens with zero attached hydrogens (tertiary/aromatic N) is 4. The lowest BCUT2D eigenvalue weighted by Gasteiger charge is -2.35. The zero-order valence-electron chi connectivity index (χ0n) is 22.6. The minimum absolute atomic E-state index is 0.0521. The second kappa shape index (κ2) is 9.41. The van der Waals surface area contributed by atoms with Crippen LogP contribution in [-0.4, -0.2) is 64.1 Å². The van der Waals surface area contributed by atoms with Crippen LogP contribution >= 0.6 is 0 Å². The second-order valence-electron chi connectivity index (χ2n) is 11.5. The summed E-state index contributed by atoms with van der Waals surface area (Å²) in [5.74, 6) is -0.0127. The van der Waals surface area contributed by atoms with Gasteiger partial charge in [-0.15, -0.1) is 0 Å². The number of piperidine rings is 2. The molecule has 2 aromatic carbocycles. The van der Waals surface area contributed by atoms with Gasteiger partial charge in [-0.2, -0.15) is 5.10 Å². The maximum Gasteiger partial charge on any atom is 0.259 e. The summed E-state index contributed by atoms with van der Waals surface area (Å²) < 4.78 is 34.4. The second-order valence-corrected chi connectivity index (χ2v) is 14.2. The van der Waals surface area contributed by atoms with Gasteiger partial charge in [-0.3, -0.25) is 29.3 Å². The average Bonchev–Trinajstić information content (AvgIpc) is 3.49. The third kappa shape index (κ3) is 4.26. The molecule has 2 saturated heterocycles. The summed E-state index contributed by atoms with van der Waals surface area (Å²) in [6.45, 7) is 6.02. The lowest BCUT2D eigenvalue weighted by atomic mass is 10.0. The lowest BCUT2D eigenvalue weighted by molar-refractivity contribution is -0.134. The molecule has 3 aliphatic heterocycles. The SMILES string of the molecule is CC(C)(C)S(=O)(=O)N1CCC(n2cc(Oc3ccc4c5c(cccc35)C(=O)N4C3CCC(=O)NC3=O)cn2)CC1. The van der Waals surface area contributed by atoms with E-state index in [4.69, 9.17) is 4.74 Å². The number of nitrogens with one attached hydrogen (secondary N) is 1. The van der Waals surface area contributed by atoms with E-state index in [1.165, 1.54) is 4.90 Å². The predicted octanol–water partition coefficient (Wildman–Crippen LogP) is 3.36. The number of carbonyl (C=O) groups excluding carboxylic acids is 3. The summed E-state index contributed by atoms with van der Waals surface area (Å²) in [5.41, 5.74) is 1.10. The number of rotatable bonds is 5. The van der Waals surface area contributed by atoms with E-state index in [0.29, 0.717) is 54.1 Å². The van der Waals surface area contributed by atoms with Crippen molar-refractivity contribution >= 4 is 44.2 Å². The molecule has 1 aromatic heterocycles. The van der Waals surface area contributed by atoms with E-state index in [0.717, 1.165) is 5.39 Å². The predicted molar refractivity (Wildman–Crippen MR) is 148 cm³/mol. The number of aromatic nitrogens is 2. The van der Waals surface area contributed by atoms with Crippen molar-refractivity contribution < 1.29 is 27.5 Å². The Morgan fingerprint density at radius 2 is 1.77 bits per heavy atom. The molecule has 0 radical (unpaired) electrons. The molecule has 3 amide bonds. The highest BCUT2D eigenvalue weighted by Gasteiger charge is 2.41. The highest BCUT2D eigenvalue weighted by atomic mass is 32.2. The summed E-state index contributed by atoms with van der Waals surface area (Å²) in [5, 5.41) is 8.26. The summed E-state index contributed by atoms with van der Waals surface area (Å²) >= 11 is 0. The van der Waals surface area contributed by atoms with Gasteiger partial charge in [0.15, 0.2) is 5.75 Å². The molecule has 40 heavy (non-hydrogen) atoms. The molecular formula is C28H31N5O6S. The summed E-state index contributed by atoms with van der Waals surface area (Å²) in [4.78, 5) is 39.1. The van der Waals surface area contributed by atoms with Crippen LogP contribution in [0.15, 0.2) is 42.7 Å². The number of amides is 3. The average molecular weight is 566 g/mol. The van der Waals surface area contributed by atoms with Gasteiger partial charge in [-0.05, 0) is 58.2 Å². The van der Waals surface area contributed by atoms with Gasteiger partial charge in [0, 0.05) is 35.8 Å². The van der Waals surface area contributed by atoms with Crippen LogP contribution in [0.4, 0.5) is 5.69 Å². The maximum absolute atomic E-state index is 13.4. The Labute approximate surface area is 232 Å². The van der Waals surface area contributed by atoms with Crippen LogP contribution in [-0.2, 0) is 19.6 Å². The Bertz CT molecular complexity index is 1650. The number of benzene rings is 2. The number of imide groups is 1. The van der Waals surface area contributed by atoms with E-state index in [2.05, 4.69) is 10.4 Å². The van der Waals surface area contributed by atoms with Gasteiger partial charge in [0.2, 0.25) is 21.8 Å². The molecule has 210 valence electrons. The van der Waals surface area contributed by atoms with Gasteiger partial charge in [0.1, 0.15) is 11.8 Å². The van der Waals surface area contributed by atoms with Gasteiger partial charge < -0.3 is 4.74 Å². The molecule has 1 atom stereocenters. The van der Waals surface area contributed by atoms with Crippen LogP contribution in [0.1, 0.15) is 62.9 Å². The number of anilines is 1. The molecule has 3 aliphatic rings. The van der Waals surface area contributed by atoms with E-state index in [9.17, 15) is 22.8 Å². The minimum Gasteiger partial charge on any atom is -0.453 e. The van der Waals surface area contributed by atoms with E-state index >= 15 is 0 Å². The van der Waals surface area contributed by atoms with Crippen molar-refractivity contribution in [3.8, 4) is 11.5 Å². The Hall–Kier alpha value is -3.77. The molecule has 12 heteroatoms. The number of hydrogen-bond acceptors (Lipinski definition) is 7. The van der Waals surface area contributed by atoms with Gasteiger partial charge >= 0.3 is 0 Å². The van der Waals surface area contributed by atoms with Crippen molar-refractivity contribution in [3.05, 3.63) is 48.3 Å². The zero-order valence-corrected chi connectivity index (χ0v) is 23.4. The Morgan fingerprint density at radius 3 is 2.48 bits per heavy atom. The van der Waals surface area contributed by atoms with Crippen LogP contribution in [0.5, 0.6) is 11.5 Å². The molecule has 6 rings (SSSR count). The molecule has 0 spiro atoms. The van der Waals surface area contributed by atoms with Crippen molar-refractivity contribution in [2.45, 2.75) is 63.3 Å². The normalized spacial score (nSPS) is 20.8. The van der Waals surface area contributed by atoms with Crippen molar-refractivity contribution in [1.82, 2.24) is 19.4 Å². The molecular weight excluding hydrogens is 534 g/mol. The number of ether oxygens (including phenoxy) is 1. The molecule has 3 aromatic rings. The van der Waals surface area contributed by atoms with Crippen LogP contribution < -0.4 is 15.0 Å². The Kier molecular flexibility index (Phi) is 6.22. The molecule has 0 aliphatic carbocycles. The van der Waals surface area contributed by atoms with Gasteiger partial charge in [0.05, 0.1) is 28.9 Å². The smallest absolute Gasteiger partial charge is 0.259 e. The topological polar surface area (TPSA) is 131 Å². The minimum atomic E-state index is -3.37. The third-order valence-corrected chi connectivity index (χ3v) is 10.5. The van der Waals surface area contributed by atoms with Gasteiger partial charge in [0.25, 0.3) is 5.91 Å². The molecule has 1 unspecified atom stereocenters. The lowest BCUT2D eigenvalue weighted by Crippen LogP contribution is -2.53. The van der Waals surface area contributed by atoms with Crippen molar-refractivity contribution in [2.24, 2.45) is 0 Å². The largest absolute Gasteiger partial charge is 0.453 e. The molecule has 0 saturated carbocycles. The fraction of sp³-hybridized carbons (Fsp3) is 0.429. The quantitative estimate of drug-likeness (QED) is 0.470. The highest BCUT2D eigenvalue weighted by molar-refractivity contribution is 7.90. The summed E-state index contributed by atoms with van der Waals surface area (Å²) in [7, 11) is -3.37. The third-order valence-electron chi connectivity index (χ3n) is 7.93. The van der Waals surface area contributed by atoms with Crippen molar-refractivity contribution in [3.63, 3.8) is 0 Å². The van der Waals surface area contributed by atoms with Crippen LogP contribution in [0, 0.1) is 0 Å². The van der Waals surface area contributed by atoms with E-state index < -0.39 is 26.7 Å². The Balaban J connectivity index is 1.22. The van der Waals surface area contributed by atoms with Crippen molar-refractivity contribution in [2.75, 3.05) is 18.0 Å².